The van der Waals surface area contributed by atoms with Gasteiger partial charge in [0, 0.05) is 69.5 Å². The quantitative estimate of drug-likeness (QED) is 0.0554. The highest BCUT2D eigenvalue weighted by Gasteiger charge is 2.19. The van der Waals surface area contributed by atoms with Gasteiger partial charge in [0.2, 0.25) is 5.24 Å². The normalized spacial score (nSPS) is 12.0. The molecule has 0 amide bonds. The maximum atomic E-state index is 12.5. The number of rotatable bonds is 13. The van der Waals surface area contributed by atoms with Crippen LogP contribution in [0.3, 0.4) is 0 Å². The summed E-state index contributed by atoms with van der Waals surface area (Å²) in [6.07, 6.45) is 7.11. The maximum absolute atomic E-state index is 12.5. The number of hydrogen-bond donors (Lipinski definition) is 5. The first-order chi connectivity index (χ1) is 35.0. The lowest BCUT2D eigenvalue weighted by atomic mass is 9.92. The van der Waals surface area contributed by atoms with Crippen LogP contribution in [0.1, 0.15) is 41.7 Å². The molecule has 0 radical (unpaired) electrons. The van der Waals surface area contributed by atoms with Crippen LogP contribution in [0.25, 0.3) is 32.3 Å². The Morgan fingerprint density at radius 1 is 0.479 bits per heavy atom. The van der Waals surface area contributed by atoms with Crippen molar-refractivity contribution in [3.8, 4) is 0 Å². The number of aromatic nitrogens is 3. The molecule has 3 heterocycles. The van der Waals surface area contributed by atoms with Gasteiger partial charge in [0.05, 0.1) is 16.8 Å². The van der Waals surface area contributed by atoms with Crippen molar-refractivity contribution in [2.45, 2.75) is 52.0 Å². The van der Waals surface area contributed by atoms with E-state index < -0.39 is 6.04 Å². The Kier molecular flexibility index (Phi) is 20.1. The van der Waals surface area contributed by atoms with Gasteiger partial charge in [-0.3, -0.25) is 28.8 Å². The van der Waals surface area contributed by atoms with Crippen molar-refractivity contribution in [2.75, 3.05) is 5.73 Å². The molecule has 6 aromatic carbocycles. The van der Waals surface area contributed by atoms with Crippen molar-refractivity contribution in [3.05, 3.63) is 238 Å². The van der Waals surface area contributed by atoms with Crippen LogP contribution in [-0.4, -0.2) is 37.8 Å². The largest absolute Gasteiger partial charge is 0.398 e. The van der Waals surface area contributed by atoms with E-state index in [0.717, 1.165) is 44.8 Å². The zero-order chi connectivity index (χ0) is 52.6. The summed E-state index contributed by atoms with van der Waals surface area (Å²) < 4.78 is 0. The summed E-state index contributed by atoms with van der Waals surface area (Å²) in [5, 5.41) is 4.95. The van der Waals surface area contributed by atoms with E-state index in [1.165, 1.54) is 0 Å². The Bertz CT molecular complexity index is 3380. The molecular formula is C58H53Cl4N5O6. The first kappa shape index (κ1) is 55.2. The Balaban J connectivity index is 0.000000166. The van der Waals surface area contributed by atoms with Crippen molar-refractivity contribution in [1.29, 1.82) is 0 Å². The van der Waals surface area contributed by atoms with E-state index in [2.05, 4.69) is 15.0 Å². The molecule has 0 aliphatic heterocycles. The molecule has 374 valence electrons. The lowest BCUT2D eigenvalue weighted by Crippen LogP contribution is -2.34. The lowest BCUT2D eigenvalue weighted by Gasteiger charge is -2.12. The third-order valence-corrected chi connectivity index (χ3v) is 13.3. The summed E-state index contributed by atoms with van der Waals surface area (Å²) in [7, 11) is 0. The summed E-state index contributed by atoms with van der Waals surface area (Å²) >= 11 is 23.6. The number of anilines is 1. The highest BCUT2D eigenvalue weighted by atomic mass is 35.5. The molecule has 9 rings (SSSR count). The molecule has 0 saturated heterocycles. The van der Waals surface area contributed by atoms with Crippen LogP contribution in [0.2, 0.25) is 15.1 Å². The summed E-state index contributed by atoms with van der Waals surface area (Å²) in [5.41, 5.74) is 16.4. The number of H-pyrrole nitrogens is 3. The highest BCUT2D eigenvalue weighted by Crippen LogP contribution is 2.26. The summed E-state index contributed by atoms with van der Waals surface area (Å²) in [6, 6.07) is 44.4. The topological polar surface area (TPSA) is 202 Å². The number of halogens is 4. The van der Waals surface area contributed by atoms with E-state index in [-0.39, 0.29) is 58.2 Å². The molecule has 0 aliphatic carbocycles. The third-order valence-electron chi connectivity index (χ3n) is 11.9. The van der Waals surface area contributed by atoms with Crippen molar-refractivity contribution >= 4 is 101 Å². The molecule has 0 fully saturated rings. The number of benzene rings is 6. The number of hydrogen-bond acceptors (Lipinski definition) is 8. The first-order valence-electron chi connectivity index (χ1n) is 23.3. The Labute approximate surface area is 441 Å². The van der Waals surface area contributed by atoms with Gasteiger partial charge in [-0.15, -0.1) is 0 Å². The predicted molar refractivity (Wildman–Crippen MR) is 298 cm³/mol. The maximum Gasteiger partial charge on any atom is 0.255 e. The van der Waals surface area contributed by atoms with Crippen molar-refractivity contribution in [3.63, 3.8) is 0 Å². The average molecular weight is 1060 g/mol. The van der Waals surface area contributed by atoms with Gasteiger partial charge in [0.25, 0.3) is 16.7 Å². The number of Topliss-reactive ketones (excluding diaryl/α,β-unsaturated/α-hetero) is 2. The van der Waals surface area contributed by atoms with E-state index in [1.54, 1.807) is 61.1 Å². The minimum absolute atomic E-state index is 0.0788. The van der Waals surface area contributed by atoms with Crippen LogP contribution in [0.15, 0.2) is 179 Å². The molecule has 3 unspecified atom stereocenters. The number of carbonyl (C=O) groups is 3. The number of nitrogens with two attached hydrogens (primary N) is 2. The van der Waals surface area contributed by atoms with E-state index in [1.807, 2.05) is 117 Å². The zero-order valence-electron chi connectivity index (χ0n) is 40.0. The number of aromatic amines is 3. The molecule has 11 nitrogen and oxygen atoms in total. The van der Waals surface area contributed by atoms with Gasteiger partial charge in [-0.05, 0) is 129 Å². The number of fused-ring (bicyclic) bond motifs is 3. The van der Waals surface area contributed by atoms with Gasteiger partial charge in [0.1, 0.15) is 5.78 Å². The fraction of sp³-hybridized carbons (Fsp3) is 0.172. The minimum atomic E-state index is -0.585. The third kappa shape index (κ3) is 15.9. The standard InChI is InChI=1S/C20H18ClNO2.C19H17ClN2O2.C10H11ClO.C9H7ClN2O/c1-13(9-14-5-3-2-4-6-14)19(23)11-16-10-15-7-8-22-20(24)17(15)12-18(16)21;20-16-11-15-13(6-7-22-19(15)24)9-14(16)10-18(23)17(21)8-12-4-2-1-3-5-12;1-8(10(11)12)7-9-5-3-2-4-6-9;10-7-4-6-5(3-8(7)11)1-2-12-9(6)13/h2-8,10,12-13H,9,11H2,1H3,(H,22,24);1-7,9,11,17H,8,10,21H2,(H,22,24);2-6,8H,7H2,1H3;1-4H,11H2,(H,12,13). The fourth-order valence-corrected chi connectivity index (χ4v) is 8.50. The van der Waals surface area contributed by atoms with Gasteiger partial charge in [-0.2, -0.15) is 0 Å². The van der Waals surface area contributed by atoms with Gasteiger partial charge in [-0.25, -0.2) is 0 Å². The van der Waals surface area contributed by atoms with Crippen LogP contribution in [-0.2, 0) is 46.5 Å². The van der Waals surface area contributed by atoms with E-state index >= 15 is 0 Å². The van der Waals surface area contributed by atoms with Crippen LogP contribution in [0.5, 0.6) is 0 Å². The molecule has 73 heavy (non-hydrogen) atoms. The number of carbonyl (C=O) groups excluding carboxylic acids is 3. The molecule has 3 atom stereocenters. The average Bonchev–Trinajstić information content (AvgIpc) is 3.37. The molecule has 0 aliphatic rings. The monoisotopic (exact) mass is 1060 g/mol. The summed E-state index contributed by atoms with van der Waals surface area (Å²) in [5.74, 6) is -0.109. The summed E-state index contributed by atoms with van der Waals surface area (Å²) in [4.78, 5) is 78.3. The van der Waals surface area contributed by atoms with Crippen molar-refractivity contribution in [1.82, 2.24) is 15.0 Å². The molecule has 9 aromatic rings. The Morgan fingerprint density at radius 2 is 0.836 bits per heavy atom. The van der Waals surface area contributed by atoms with Crippen molar-refractivity contribution < 1.29 is 14.4 Å². The summed E-state index contributed by atoms with van der Waals surface area (Å²) in [6.45, 7) is 3.78. The Morgan fingerprint density at radius 3 is 1.25 bits per heavy atom. The Hall–Kier alpha value is -7.12. The van der Waals surface area contributed by atoms with Crippen LogP contribution in [0, 0.1) is 11.8 Å². The van der Waals surface area contributed by atoms with Gasteiger partial charge >= 0.3 is 0 Å². The molecule has 7 N–H and O–H groups in total. The molecule has 0 bridgehead atoms. The van der Waals surface area contributed by atoms with E-state index in [0.29, 0.717) is 55.3 Å². The molecular weight excluding hydrogens is 1000 g/mol. The van der Waals surface area contributed by atoms with Gasteiger partial charge in [0.15, 0.2) is 5.78 Å². The number of pyridine rings is 3. The fourth-order valence-electron chi connectivity index (χ4n) is 7.80. The lowest BCUT2D eigenvalue weighted by molar-refractivity contribution is -0.122. The van der Waals surface area contributed by atoms with Crippen molar-refractivity contribution in [2.24, 2.45) is 17.6 Å². The van der Waals surface area contributed by atoms with Gasteiger partial charge in [-0.1, -0.05) is 140 Å². The van der Waals surface area contributed by atoms with E-state index in [4.69, 9.17) is 57.9 Å². The molecule has 0 saturated carbocycles. The first-order valence-corrected chi connectivity index (χ1v) is 24.8. The minimum Gasteiger partial charge on any atom is -0.398 e. The second kappa shape index (κ2) is 26.5. The van der Waals surface area contributed by atoms with Crippen LogP contribution >= 0.6 is 46.4 Å². The SMILES string of the molecule is CC(Cc1ccccc1)C(=O)Cc1cc2cc[nH]c(=O)c2cc1Cl.CC(Cc1ccccc1)C(=O)Cl.NC(Cc1ccccc1)C(=O)Cc1cc2cc[nH]c(=O)c2cc1Cl.Nc1cc2cc[nH]c(=O)c2cc1Cl. The molecule has 15 heteroatoms. The van der Waals surface area contributed by atoms with Crippen LogP contribution < -0.4 is 28.1 Å². The van der Waals surface area contributed by atoms with Crippen LogP contribution in [0.4, 0.5) is 5.69 Å². The predicted octanol–water partition coefficient (Wildman–Crippen LogP) is 11.4. The second-order valence-electron chi connectivity index (χ2n) is 17.5. The second-order valence-corrected chi connectivity index (χ2v) is 19.1. The molecule has 0 spiro atoms. The zero-order valence-corrected chi connectivity index (χ0v) is 43.0. The number of nitrogen functional groups attached to an aromatic ring is 1. The molecule has 3 aromatic heterocycles. The van der Waals surface area contributed by atoms with Gasteiger partial charge < -0.3 is 26.4 Å². The number of ketones is 2. The number of nitrogens with one attached hydrogen (secondary N) is 3. The smallest absolute Gasteiger partial charge is 0.255 e. The van der Waals surface area contributed by atoms with E-state index in [9.17, 15) is 28.8 Å². The highest BCUT2D eigenvalue weighted by molar-refractivity contribution is 6.63.